The molecule has 1 amide bonds. The van der Waals surface area contributed by atoms with E-state index in [9.17, 15) is 9.59 Å². The van der Waals surface area contributed by atoms with Gasteiger partial charge in [0.2, 0.25) is 5.91 Å². The minimum atomic E-state index is -0.0244. The maximum atomic E-state index is 12.4. The van der Waals surface area contributed by atoms with Crippen molar-refractivity contribution in [1.29, 1.82) is 0 Å². The summed E-state index contributed by atoms with van der Waals surface area (Å²) in [5.41, 5.74) is 1.70. The normalized spacial score (nSPS) is 16.0. The average molecular weight is 361 g/mol. The molecule has 0 aliphatic carbocycles. The number of carbonyl (C=O) groups is 1. The summed E-state index contributed by atoms with van der Waals surface area (Å²) in [6.07, 6.45) is 0.807. The molecule has 126 valence electrons. The highest BCUT2D eigenvalue weighted by Gasteiger charge is 2.25. The summed E-state index contributed by atoms with van der Waals surface area (Å²) < 4.78 is 1.55. The molecule has 7 heteroatoms. The molecular formula is C17H19N3O2S2. The number of anilines is 1. The molecular weight excluding hydrogens is 342 g/mol. The number of hydrogen-bond acceptors (Lipinski definition) is 5. The van der Waals surface area contributed by atoms with E-state index in [-0.39, 0.29) is 17.2 Å². The second-order valence-corrected chi connectivity index (χ2v) is 8.14. The fourth-order valence-corrected chi connectivity index (χ4v) is 4.57. The first-order valence-corrected chi connectivity index (χ1v) is 9.55. The van der Waals surface area contributed by atoms with Crippen molar-refractivity contribution >= 4 is 35.1 Å². The summed E-state index contributed by atoms with van der Waals surface area (Å²) in [6, 6.07) is 9.50. The molecule has 0 N–H and O–H groups in total. The second kappa shape index (κ2) is 7.03. The monoisotopic (exact) mass is 361 g/mol. The third-order valence-electron chi connectivity index (χ3n) is 3.92. The van der Waals surface area contributed by atoms with Gasteiger partial charge in [-0.1, -0.05) is 36.9 Å². The van der Waals surface area contributed by atoms with E-state index in [4.69, 9.17) is 0 Å². The van der Waals surface area contributed by atoms with Crippen LogP contribution in [0.5, 0.6) is 0 Å². The number of para-hydroxylation sites is 1. The summed E-state index contributed by atoms with van der Waals surface area (Å²) in [7, 11) is 3.47. The third-order valence-corrected chi connectivity index (χ3v) is 6.15. The van der Waals surface area contributed by atoms with Crippen molar-refractivity contribution in [2.45, 2.75) is 28.6 Å². The highest BCUT2D eigenvalue weighted by molar-refractivity contribution is 8.00. The summed E-state index contributed by atoms with van der Waals surface area (Å²) in [5, 5.41) is 0.981. The number of benzene rings is 1. The minimum absolute atomic E-state index is 0.0132. The quantitative estimate of drug-likeness (QED) is 0.619. The SMILES string of the molecule is CC1Cc2nc(SCC(=O)N(C)c3ccccc3)n(C)c(=O)c2S1. The summed E-state index contributed by atoms with van der Waals surface area (Å²) >= 11 is 2.90. The number of amides is 1. The van der Waals surface area contributed by atoms with E-state index < -0.39 is 0 Å². The van der Waals surface area contributed by atoms with Gasteiger partial charge in [0.1, 0.15) is 0 Å². The van der Waals surface area contributed by atoms with Crippen molar-refractivity contribution in [3.63, 3.8) is 0 Å². The Bertz CT molecular complexity index is 821. The molecule has 0 saturated carbocycles. The van der Waals surface area contributed by atoms with Crippen LogP contribution in [0.25, 0.3) is 0 Å². The van der Waals surface area contributed by atoms with E-state index in [1.807, 2.05) is 30.3 Å². The van der Waals surface area contributed by atoms with Crippen LogP contribution in [0, 0.1) is 0 Å². The van der Waals surface area contributed by atoms with Crippen LogP contribution in [0.3, 0.4) is 0 Å². The first kappa shape index (κ1) is 17.1. The minimum Gasteiger partial charge on any atom is -0.315 e. The van der Waals surface area contributed by atoms with E-state index >= 15 is 0 Å². The Hall–Kier alpha value is -1.73. The van der Waals surface area contributed by atoms with Gasteiger partial charge in [0.15, 0.2) is 5.16 Å². The van der Waals surface area contributed by atoms with Gasteiger partial charge >= 0.3 is 0 Å². The number of hydrogen-bond donors (Lipinski definition) is 0. The molecule has 0 saturated heterocycles. The van der Waals surface area contributed by atoms with Crippen molar-refractivity contribution in [1.82, 2.24) is 9.55 Å². The zero-order valence-electron chi connectivity index (χ0n) is 13.9. The number of thioether (sulfide) groups is 2. The predicted octanol–water partition coefficient (Wildman–Crippen LogP) is 2.57. The molecule has 0 fully saturated rings. The lowest BCUT2D eigenvalue weighted by Gasteiger charge is -2.17. The molecule has 1 aromatic carbocycles. The van der Waals surface area contributed by atoms with Crippen LogP contribution >= 0.6 is 23.5 Å². The maximum Gasteiger partial charge on any atom is 0.267 e. The first-order chi connectivity index (χ1) is 11.5. The fraction of sp³-hybridized carbons (Fsp3) is 0.353. The highest BCUT2D eigenvalue weighted by Crippen LogP contribution is 2.33. The summed E-state index contributed by atoms with van der Waals surface area (Å²) in [4.78, 5) is 31.8. The van der Waals surface area contributed by atoms with Crippen molar-refractivity contribution in [3.05, 3.63) is 46.4 Å². The summed E-state index contributed by atoms with van der Waals surface area (Å²) in [6.45, 7) is 2.09. The second-order valence-electron chi connectivity index (χ2n) is 5.74. The highest BCUT2D eigenvalue weighted by atomic mass is 32.2. The topological polar surface area (TPSA) is 55.2 Å². The molecule has 1 unspecified atom stereocenters. The molecule has 1 aromatic heterocycles. The van der Waals surface area contributed by atoms with Crippen LogP contribution in [-0.4, -0.2) is 33.5 Å². The molecule has 24 heavy (non-hydrogen) atoms. The van der Waals surface area contributed by atoms with Crippen LogP contribution in [0.2, 0.25) is 0 Å². The average Bonchev–Trinajstić information content (AvgIpc) is 2.97. The van der Waals surface area contributed by atoms with Crippen LogP contribution in [0.4, 0.5) is 5.69 Å². The van der Waals surface area contributed by atoms with Gasteiger partial charge < -0.3 is 4.90 Å². The number of fused-ring (bicyclic) bond motifs is 1. The third kappa shape index (κ3) is 3.37. The van der Waals surface area contributed by atoms with Gasteiger partial charge in [-0.05, 0) is 12.1 Å². The van der Waals surface area contributed by atoms with Crippen molar-refractivity contribution < 1.29 is 4.79 Å². The van der Waals surface area contributed by atoms with Gasteiger partial charge in [-0.2, -0.15) is 0 Å². The molecule has 2 aromatic rings. The molecule has 0 bridgehead atoms. The molecule has 0 spiro atoms. The lowest BCUT2D eigenvalue weighted by atomic mass is 10.2. The Morgan fingerprint density at radius 1 is 1.42 bits per heavy atom. The van der Waals surface area contributed by atoms with E-state index in [1.54, 1.807) is 35.3 Å². The standard InChI is InChI=1S/C17H19N3O2S2/c1-11-9-13-15(24-11)16(22)20(3)17(18-13)23-10-14(21)19(2)12-7-5-4-6-8-12/h4-8,11H,9-10H2,1-3H3. The molecule has 5 nitrogen and oxygen atoms in total. The van der Waals surface area contributed by atoms with Gasteiger partial charge in [0, 0.05) is 31.5 Å². The van der Waals surface area contributed by atoms with Gasteiger partial charge in [-0.15, -0.1) is 11.8 Å². The zero-order valence-corrected chi connectivity index (χ0v) is 15.5. The van der Waals surface area contributed by atoms with E-state index in [1.165, 1.54) is 11.8 Å². The number of nitrogens with zero attached hydrogens (tertiary/aromatic N) is 3. The molecule has 0 radical (unpaired) electrons. The maximum absolute atomic E-state index is 12.4. The van der Waals surface area contributed by atoms with Crippen LogP contribution < -0.4 is 10.5 Å². The Kier molecular flexibility index (Phi) is 5.01. The van der Waals surface area contributed by atoms with Crippen LogP contribution in [-0.2, 0) is 18.3 Å². The fourth-order valence-electron chi connectivity index (χ4n) is 2.52. The number of aromatic nitrogens is 2. The Labute approximate surface area is 149 Å². The number of carbonyl (C=O) groups excluding carboxylic acids is 1. The van der Waals surface area contributed by atoms with Crippen molar-refractivity contribution in [2.75, 3.05) is 17.7 Å². The van der Waals surface area contributed by atoms with Crippen molar-refractivity contribution in [3.8, 4) is 0 Å². The molecule has 3 rings (SSSR count). The van der Waals surface area contributed by atoms with Crippen LogP contribution in [0.1, 0.15) is 12.6 Å². The summed E-state index contributed by atoms with van der Waals surface area (Å²) in [5.74, 6) is 0.219. The Morgan fingerprint density at radius 2 is 2.12 bits per heavy atom. The lowest BCUT2D eigenvalue weighted by Crippen LogP contribution is -2.28. The predicted molar refractivity (Wildman–Crippen MR) is 99.1 cm³/mol. The Balaban J connectivity index is 1.74. The smallest absolute Gasteiger partial charge is 0.267 e. The van der Waals surface area contributed by atoms with Gasteiger partial charge in [-0.25, -0.2) is 4.98 Å². The molecule has 1 atom stereocenters. The largest absolute Gasteiger partial charge is 0.315 e. The van der Waals surface area contributed by atoms with E-state index in [2.05, 4.69) is 11.9 Å². The van der Waals surface area contributed by atoms with E-state index in [0.717, 1.165) is 22.7 Å². The van der Waals surface area contributed by atoms with Gasteiger partial charge in [-0.3, -0.25) is 14.2 Å². The lowest BCUT2D eigenvalue weighted by molar-refractivity contribution is -0.115. The van der Waals surface area contributed by atoms with Crippen LogP contribution in [0.15, 0.2) is 45.2 Å². The molecule has 1 aliphatic rings. The van der Waals surface area contributed by atoms with Crippen molar-refractivity contribution in [2.24, 2.45) is 7.05 Å². The zero-order chi connectivity index (χ0) is 17.3. The molecule has 1 aliphatic heterocycles. The first-order valence-electron chi connectivity index (χ1n) is 7.68. The molecule has 2 heterocycles. The number of rotatable bonds is 4. The van der Waals surface area contributed by atoms with E-state index in [0.29, 0.717) is 10.4 Å². The van der Waals surface area contributed by atoms with Gasteiger partial charge in [0.05, 0.1) is 16.3 Å². The van der Waals surface area contributed by atoms with Gasteiger partial charge in [0.25, 0.3) is 5.56 Å². The Morgan fingerprint density at radius 3 is 2.83 bits per heavy atom.